The van der Waals surface area contributed by atoms with Crippen molar-refractivity contribution in [2.24, 2.45) is 0 Å². The van der Waals surface area contributed by atoms with Gasteiger partial charge in [-0.15, -0.1) is 0 Å². The molecule has 2 N–H and O–H groups in total. The number of aromatic amines is 1. The predicted octanol–water partition coefficient (Wildman–Crippen LogP) is 2.17. The minimum Gasteiger partial charge on any atom is -0.478 e. The Morgan fingerprint density at radius 3 is 2.95 bits per heavy atom. The largest absolute Gasteiger partial charge is 0.478 e. The zero-order valence-corrected chi connectivity index (χ0v) is 11.5. The zero-order valence-electron chi connectivity index (χ0n) is 10.7. The number of benzene rings is 1. The normalized spacial score (nSPS) is 11.0. The molecular formula is C13H16N2O3S. The summed E-state index contributed by atoms with van der Waals surface area (Å²) in [5.74, 6) is 1.10. The van der Waals surface area contributed by atoms with Gasteiger partial charge in [-0.25, -0.2) is 9.59 Å². The van der Waals surface area contributed by atoms with E-state index >= 15 is 0 Å². The molecule has 19 heavy (non-hydrogen) atoms. The van der Waals surface area contributed by atoms with E-state index in [2.05, 4.69) is 11.9 Å². The number of hydrogen-bond donors (Lipinski definition) is 2. The maximum atomic E-state index is 11.8. The van der Waals surface area contributed by atoms with Crippen LogP contribution in [0.2, 0.25) is 0 Å². The zero-order chi connectivity index (χ0) is 13.8. The number of carboxylic acid groups (broad SMARTS) is 1. The number of carbonyl (C=O) groups is 1. The van der Waals surface area contributed by atoms with Gasteiger partial charge in [0.25, 0.3) is 0 Å². The van der Waals surface area contributed by atoms with E-state index < -0.39 is 5.97 Å². The monoisotopic (exact) mass is 280 g/mol. The highest BCUT2D eigenvalue weighted by Crippen LogP contribution is 2.14. The van der Waals surface area contributed by atoms with Crippen LogP contribution in [0.15, 0.2) is 23.0 Å². The number of carboxylic acids is 1. The number of thioether (sulfide) groups is 1. The molecule has 0 atom stereocenters. The van der Waals surface area contributed by atoms with Crippen molar-refractivity contribution >= 4 is 28.8 Å². The van der Waals surface area contributed by atoms with Crippen molar-refractivity contribution in [3.63, 3.8) is 0 Å². The first-order valence-corrected chi connectivity index (χ1v) is 7.32. The van der Waals surface area contributed by atoms with Gasteiger partial charge in [-0.3, -0.25) is 4.57 Å². The Hall–Kier alpha value is -1.69. The van der Waals surface area contributed by atoms with Crippen LogP contribution in [-0.2, 0) is 6.54 Å². The van der Waals surface area contributed by atoms with E-state index in [0.717, 1.165) is 23.4 Å². The number of aromatic nitrogens is 2. The molecule has 1 aromatic carbocycles. The van der Waals surface area contributed by atoms with Gasteiger partial charge in [-0.1, -0.05) is 6.92 Å². The predicted molar refractivity (Wildman–Crippen MR) is 77.1 cm³/mol. The number of rotatable bonds is 6. The Labute approximate surface area is 114 Å². The average molecular weight is 280 g/mol. The van der Waals surface area contributed by atoms with Gasteiger partial charge in [0.1, 0.15) is 0 Å². The van der Waals surface area contributed by atoms with E-state index in [0.29, 0.717) is 12.1 Å². The Morgan fingerprint density at radius 1 is 1.47 bits per heavy atom. The Bertz CT molecular complexity index is 645. The molecule has 1 aromatic heterocycles. The number of nitrogens with one attached hydrogen (secondary N) is 1. The van der Waals surface area contributed by atoms with Crippen LogP contribution in [0.3, 0.4) is 0 Å². The fourth-order valence-electron chi connectivity index (χ4n) is 1.99. The first kappa shape index (κ1) is 13.7. The molecule has 5 nitrogen and oxygen atoms in total. The number of H-pyrrole nitrogens is 1. The molecule has 0 amide bonds. The SMILES string of the molecule is CCSCCCn1c(=O)[nH]c2cc(C(=O)O)ccc21. The summed E-state index contributed by atoms with van der Waals surface area (Å²) >= 11 is 1.84. The molecule has 2 rings (SSSR count). The van der Waals surface area contributed by atoms with Gasteiger partial charge in [0.05, 0.1) is 16.6 Å². The molecule has 0 fully saturated rings. The number of hydrogen-bond acceptors (Lipinski definition) is 3. The summed E-state index contributed by atoms with van der Waals surface area (Å²) in [4.78, 5) is 25.4. The molecule has 6 heteroatoms. The molecule has 0 radical (unpaired) electrons. The first-order valence-electron chi connectivity index (χ1n) is 6.17. The van der Waals surface area contributed by atoms with E-state index in [9.17, 15) is 9.59 Å². The molecule has 0 bridgehead atoms. The quantitative estimate of drug-likeness (QED) is 0.795. The van der Waals surface area contributed by atoms with Crippen LogP contribution in [0.5, 0.6) is 0 Å². The van der Waals surface area contributed by atoms with Gasteiger partial charge in [0.15, 0.2) is 0 Å². The molecule has 1 heterocycles. The third kappa shape index (κ3) is 3.01. The third-order valence-corrected chi connectivity index (χ3v) is 3.88. The molecule has 102 valence electrons. The van der Waals surface area contributed by atoms with Crippen molar-refractivity contribution < 1.29 is 9.90 Å². The molecule has 0 saturated carbocycles. The summed E-state index contributed by atoms with van der Waals surface area (Å²) in [6.45, 7) is 2.76. The summed E-state index contributed by atoms with van der Waals surface area (Å²) in [5.41, 5.74) is 1.34. The van der Waals surface area contributed by atoms with Gasteiger partial charge in [-0.05, 0) is 36.1 Å². The van der Waals surface area contributed by atoms with Crippen molar-refractivity contribution in [2.75, 3.05) is 11.5 Å². The summed E-state index contributed by atoms with van der Waals surface area (Å²) in [6.07, 6.45) is 0.923. The summed E-state index contributed by atoms with van der Waals surface area (Å²) < 4.78 is 1.66. The minimum atomic E-state index is -0.991. The van der Waals surface area contributed by atoms with Crippen molar-refractivity contribution in [1.29, 1.82) is 0 Å². The van der Waals surface area contributed by atoms with Crippen LogP contribution < -0.4 is 5.69 Å². The van der Waals surface area contributed by atoms with Gasteiger partial charge < -0.3 is 10.1 Å². The number of fused-ring (bicyclic) bond motifs is 1. The van der Waals surface area contributed by atoms with E-state index in [1.807, 2.05) is 11.8 Å². The van der Waals surface area contributed by atoms with E-state index in [-0.39, 0.29) is 11.3 Å². The highest BCUT2D eigenvalue weighted by atomic mass is 32.2. The van der Waals surface area contributed by atoms with Crippen LogP contribution in [-0.4, -0.2) is 32.1 Å². The number of aryl methyl sites for hydroxylation is 1. The Balaban J connectivity index is 2.27. The van der Waals surface area contributed by atoms with Gasteiger partial charge >= 0.3 is 11.7 Å². The molecule has 0 aliphatic carbocycles. The smallest absolute Gasteiger partial charge is 0.335 e. The first-order chi connectivity index (χ1) is 9.13. The Kier molecular flexibility index (Phi) is 4.31. The van der Waals surface area contributed by atoms with Crippen LogP contribution >= 0.6 is 11.8 Å². The summed E-state index contributed by atoms with van der Waals surface area (Å²) in [6, 6.07) is 4.70. The average Bonchev–Trinajstić information content (AvgIpc) is 2.69. The van der Waals surface area contributed by atoms with Crippen molar-refractivity contribution in [3.8, 4) is 0 Å². The minimum absolute atomic E-state index is 0.181. The molecule has 0 aliphatic rings. The van der Waals surface area contributed by atoms with Crippen molar-refractivity contribution in [2.45, 2.75) is 19.9 Å². The topological polar surface area (TPSA) is 75.1 Å². The van der Waals surface area contributed by atoms with Crippen LogP contribution in [0.25, 0.3) is 11.0 Å². The lowest BCUT2D eigenvalue weighted by molar-refractivity contribution is 0.0697. The lowest BCUT2D eigenvalue weighted by Crippen LogP contribution is -2.17. The lowest BCUT2D eigenvalue weighted by atomic mass is 10.2. The number of nitrogens with zero attached hydrogens (tertiary/aromatic N) is 1. The van der Waals surface area contributed by atoms with Crippen LogP contribution in [0, 0.1) is 0 Å². The summed E-state index contributed by atoms with van der Waals surface area (Å²) in [7, 11) is 0. The second kappa shape index (κ2) is 5.97. The van der Waals surface area contributed by atoms with Crippen molar-refractivity contribution in [1.82, 2.24) is 9.55 Å². The standard InChI is InChI=1S/C13H16N2O3S/c1-2-19-7-3-6-15-11-5-4-9(12(16)17)8-10(11)14-13(15)18/h4-5,8H,2-3,6-7H2,1H3,(H,14,18)(H,16,17). The lowest BCUT2D eigenvalue weighted by Gasteiger charge is -2.03. The van der Waals surface area contributed by atoms with Gasteiger partial charge in [0, 0.05) is 6.54 Å². The maximum Gasteiger partial charge on any atom is 0.335 e. The van der Waals surface area contributed by atoms with E-state index in [1.54, 1.807) is 10.6 Å². The fourth-order valence-corrected chi connectivity index (χ4v) is 2.61. The van der Waals surface area contributed by atoms with Crippen LogP contribution in [0.4, 0.5) is 0 Å². The molecule has 0 spiro atoms. The van der Waals surface area contributed by atoms with Gasteiger partial charge in [0.2, 0.25) is 0 Å². The number of aromatic carboxylic acids is 1. The number of imidazole rings is 1. The molecular weight excluding hydrogens is 264 g/mol. The molecule has 2 aromatic rings. The third-order valence-electron chi connectivity index (χ3n) is 2.90. The molecule has 0 saturated heterocycles. The van der Waals surface area contributed by atoms with Crippen LogP contribution in [0.1, 0.15) is 23.7 Å². The molecule has 0 aliphatic heterocycles. The molecule has 0 unspecified atom stereocenters. The second-order valence-corrected chi connectivity index (χ2v) is 5.56. The maximum absolute atomic E-state index is 11.8. The fraction of sp³-hybridized carbons (Fsp3) is 0.385. The second-order valence-electron chi connectivity index (χ2n) is 4.17. The van der Waals surface area contributed by atoms with Crippen molar-refractivity contribution in [3.05, 3.63) is 34.2 Å². The Morgan fingerprint density at radius 2 is 2.26 bits per heavy atom. The summed E-state index contributed by atoms with van der Waals surface area (Å²) in [5, 5.41) is 8.92. The van der Waals surface area contributed by atoms with Gasteiger partial charge in [-0.2, -0.15) is 11.8 Å². The highest BCUT2D eigenvalue weighted by molar-refractivity contribution is 7.99. The highest BCUT2D eigenvalue weighted by Gasteiger charge is 2.09. The van der Waals surface area contributed by atoms with E-state index in [1.165, 1.54) is 12.1 Å². The van der Waals surface area contributed by atoms with E-state index in [4.69, 9.17) is 5.11 Å².